The molecule has 0 unspecified atom stereocenters. The second kappa shape index (κ2) is 6.72. The van der Waals surface area contributed by atoms with Crippen molar-refractivity contribution in [3.8, 4) is 5.75 Å². The maximum absolute atomic E-state index is 5.79. The third kappa shape index (κ3) is 5.56. The summed E-state index contributed by atoms with van der Waals surface area (Å²) in [6.07, 6.45) is 0. The molecule has 3 nitrogen and oxygen atoms in total. The zero-order valence-corrected chi connectivity index (χ0v) is 13.3. The minimum absolute atomic E-state index is 0.0930. The summed E-state index contributed by atoms with van der Waals surface area (Å²) >= 11 is 0. The molecule has 21 heavy (non-hydrogen) atoms. The molecule has 2 rings (SSSR count). The van der Waals surface area contributed by atoms with Crippen molar-refractivity contribution in [1.29, 1.82) is 0 Å². The van der Waals surface area contributed by atoms with Crippen molar-refractivity contribution < 1.29 is 4.74 Å². The van der Waals surface area contributed by atoms with Gasteiger partial charge in [-0.15, -0.1) is 0 Å². The monoisotopic (exact) mass is 284 g/mol. The van der Waals surface area contributed by atoms with Crippen LogP contribution in [0.4, 0.5) is 0 Å². The first-order valence-corrected chi connectivity index (χ1v) is 7.32. The van der Waals surface area contributed by atoms with Crippen molar-refractivity contribution in [1.82, 2.24) is 10.3 Å². The van der Waals surface area contributed by atoms with E-state index in [2.05, 4.69) is 44.1 Å². The highest BCUT2D eigenvalue weighted by Gasteiger charge is 2.09. The lowest BCUT2D eigenvalue weighted by Gasteiger charge is -2.20. The number of nitrogens with one attached hydrogen (secondary N) is 1. The van der Waals surface area contributed by atoms with Crippen LogP contribution in [0.5, 0.6) is 5.75 Å². The van der Waals surface area contributed by atoms with Crippen molar-refractivity contribution in [2.24, 2.45) is 0 Å². The Labute approximate surface area is 127 Å². The molecule has 0 spiro atoms. The van der Waals surface area contributed by atoms with Gasteiger partial charge in [0.1, 0.15) is 12.4 Å². The molecule has 0 bridgehead atoms. The molecule has 2 aromatic rings. The van der Waals surface area contributed by atoms with E-state index in [9.17, 15) is 0 Å². The number of hydrogen-bond acceptors (Lipinski definition) is 3. The SMILES string of the molecule is Cc1cccc(OCc2cccc(CNC(C)(C)C)n2)c1. The van der Waals surface area contributed by atoms with Crippen molar-refractivity contribution in [3.63, 3.8) is 0 Å². The largest absolute Gasteiger partial charge is 0.487 e. The van der Waals surface area contributed by atoms with Gasteiger partial charge < -0.3 is 10.1 Å². The summed E-state index contributed by atoms with van der Waals surface area (Å²) in [5, 5.41) is 3.44. The van der Waals surface area contributed by atoms with E-state index >= 15 is 0 Å². The van der Waals surface area contributed by atoms with Gasteiger partial charge in [-0.1, -0.05) is 18.2 Å². The molecule has 0 atom stereocenters. The number of hydrogen-bond donors (Lipinski definition) is 1. The molecule has 0 saturated carbocycles. The second-order valence-corrected chi connectivity index (χ2v) is 6.33. The molecular weight excluding hydrogens is 260 g/mol. The van der Waals surface area contributed by atoms with Gasteiger partial charge >= 0.3 is 0 Å². The third-order valence-electron chi connectivity index (χ3n) is 3.04. The zero-order valence-electron chi connectivity index (χ0n) is 13.3. The molecule has 0 radical (unpaired) electrons. The van der Waals surface area contributed by atoms with Gasteiger partial charge in [0.2, 0.25) is 0 Å². The Morgan fingerprint density at radius 3 is 2.48 bits per heavy atom. The highest BCUT2D eigenvalue weighted by atomic mass is 16.5. The molecule has 1 aromatic carbocycles. The topological polar surface area (TPSA) is 34.1 Å². The third-order valence-corrected chi connectivity index (χ3v) is 3.04. The standard InChI is InChI=1S/C18H24N2O/c1-14-7-5-10-17(11-14)21-13-16-9-6-8-15(20-16)12-19-18(2,3)4/h5-11,19H,12-13H2,1-4H3. The molecule has 3 heteroatoms. The fourth-order valence-corrected chi connectivity index (χ4v) is 1.93. The Hall–Kier alpha value is -1.87. The van der Waals surface area contributed by atoms with Crippen LogP contribution in [-0.2, 0) is 13.2 Å². The predicted molar refractivity (Wildman–Crippen MR) is 86.3 cm³/mol. The number of aryl methyl sites for hydroxylation is 1. The number of ether oxygens (including phenoxy) is 1. The molecular formula is C18H24N2O. The maximum atomic E-state index is 5.79. The molecule has 0 aliphatic heterocycles. The van der Waals surface area contributed by atoms with Crippen LogP contribution in [0.25, 0.3) is 0 Å². The molecule has 1 aromatic heterocycles. The van der Waals surface area contributed by atoms with Crippen LogP contribution >= 0.6 is 0 Å². The zero-order chi connectivity index (χ0) is 15.3. The number of pyridine rings is 1. The molecule has 1 heterocycles. The summed E-state index contributed by atoms with van der Waals surface area (Å²) in [6, 6.07) is 14.1. The van der Waals surface area contributed by atoms with Crippen LogP contribution in [0.3, 0.4) is 0 Å². The van der Waals surface area contributed by atoms with Crippen molar-refractivity contribution in [2.45, 2.75) is 46.4 Å². The van der Waals surface area contributed by atoms with Crippen LogP contribution in [-0.4, -0.2) is 10.5 Å². The van der Waals surface area contributed by atoms with Crippen molar-refractivity contribution in [2.75, 3.05) is 0 Å². The van der Waals surface area contributed by atoms with Crippen LogP contribution in [0, 0.1) is 6.92 Å². The lowest BCUT2D eigenvalue weighted by molar-refractivity contribution is 0.300. The summed E-state index contributed by atoms with van der Waals surface area (Å²) in [5.74, 6) is 0.884. The molecule has 0 aliphatic rings. The van der Waals surface area contributed by atoms with Gasteiger partial charge in [0, 0.05) is 12.1 Å². The van der Waals surface area contributed by atoms with E-state index in [0.717, 1.165) is 23.7 Å². The first-order chi connectivity index (χ1) is 9.92. The summed E-state index contributed by atoms with van der Waals surface area (Å²) in [4.78, 5) is 4.63. The van der Waals surface area contributed by atoms with E-state index in [1.54, 1.807) is 0 Å². The Balaban J connectivity index is 1.95. The molecule has 112 valence electrons. The Morgan fingerprint density at radius 1 is 1.05 bits per heavy atom. The van der Waals surface area contributed by atoms with Gasteiger partial charge in [-0.25, -0.2) is 0 Å². The molecule has 0 aliphatic carbocycles. The van der Waals surface area contributed by atoms with E-state index in [1.165, 1.54) is 5.56 Å². The van der Waals surface area contributed by atoms with E-state index in [1.807, 2.05) is 36.4 Å². The molecule has 0 fully saturated rings. The first-order valence-electron chi connectivity index (χ1n) is 7.32. The van der Waals surface area contributed by atoms with Crippen LogP contribution in [0.1, 0.15) is 37.7 Å². The molecule has 0 amide bonds. The quantitative estimate of drug-likeness (QED) is 0.905. The van der Waals surface area contributed by atoms with Gasteiger partial charge in [0.25, 0.3) is 0 Å². The lowest BCUT2D eigenvalue weighted by Crippen LogP contribution is -2.35. The number of nitrogens with zero attached hydrogens (tertiary/aromatic N) is 1. The van der Waals surface area contributed by atoms with E-state index in [0.29, 0.717) is 6.61 Å². The van der Waals surface area contributed by atoms with Crippen LogP contribution in [0.15, 0.2) is 42.5 Å². The Kier molecular flexibility index (Phi) is 4.97. The predicted octanol–water partition coefficient (Wildman–Crippen LogP) is 3.86. The van der Waals surface area contributed by atoms with E-state index < -0.39 is 0 Å². The number of aromatic nitrogens is 1. The Bertz CT molecular complexity index is 588. The van der Waals surface area contributed by atoms with Crippen LogP contribution < -0.4 is 10.1 Å². The lowest BCUT2D eigenvalue weighted by atomic mass is 10.1. The average Bonchev–Trinajstić information content (AvgIpc) is 2.43. The highest BCUT2D eigenvalue weighted by Crippen LogP contribution is 2.14. The summed E-state index contributed by atoms with van der Waals surface area (Å²) in [6.45, 7) is 9.77. The summed E-state index contributed by atoms with van der Waals surface area (Å²) in [5.41, 5.74) is 3.28. The maximum Gasteiger partial charge on any atom is 0.130 e. The number of benzene rings is 1. The van der Waals surface area contributed by atoms with Gasteiger partial charge in [0.15, 0.2) is 0 Å². The minimum Gasteiger partial charge on any atom is -0.487 e. The van der Waals surface area contributed by atoms with Gasteiger partial charge in [0.05, 0.1) is 11.4 Å². The normalized spacial score (nSPS) is 11.4. The van der Waals surface area contributed by atoms with Gasteiger partial charge in [-0.2, -0.15) is 0 Å². The van der Waals surface area contributed by atoms with Crippen molar-refractivity contribution >= 4 is 0 Å². The fourth-order valence-electron chi connectivity index (χ4n) is 1.93. The minimum atomic E-state index is 0.0930. The van der Waals surface area contributed by atoms with Gasteiger partial charge in [-0.05, 0) is 57.5 Å². The summed E-state index contributed by atoms with van der Waals surface area (Å²) in [7, 11) is 0. The Morgan fingerprint density at radius 2 is 1.76 bits per heavy atom. The van der Waals surface area contributed by atoms with Crippen molar-refractivity contribution in [3.05, 3.63) is 59.4 Å². The molecule has 1 N–H and O–H groups in total. The van der Waals surface area contributed by atoms with E-state index in [-0.39, 0.29) is 5.54 Å². The van der Waals surface area contributed by atoms with Gasteiger partial charge in [-0.3, -0.25) is 4.98 Å². The van der Waals surface area contributed by atoms with E-state index in [4.69, 9.17) is 4.74 Å². The molecule has 0 saturated heterocycles. The average molecular weight is 284 g/mol. The first kappa shape index (κ1) is 15.5. The smallest absolute Gasteiger partial charge is 0.130 e. The highest BCUT2D eigenvalue weighted by molar-refractivity contribution is 5.27. The number of rotatable bonds is 5. The second-order valence-electron chi connectivity index (χ2n) is 6.33. The van der Waals surface area contributed by atoms with Crippen LogP contribution in [0.2, 0.25) is 0 Å². The summed E-state index contributed by atoms with van der Waals surface area (Å²) < 4.78 is 5.79. The fraction of sp³-hybridized carbons (Fsp3) is 0.389.